The number of ether oxygens (including phenoxy) is 1. The van der Waals surface area contributed by atoms with Crippen molar-refractivity contribution < 1.29 is 14.3 Å². The monoisotopic (exact) mass is 361 g/mol. The second-order valence-electron chi connectivity index (χ2n) is 6.53. The predicted molar refractivity (Wildman–Crippen MR) is 107 cm³/mol. The van der Waals surface area contributed by atoms with Crippen LogP contribution in [-0.2, 0) is 14.3 Å². The van der Waals surface area contributed by atoms with Gasteiger partial charge in [-0.1, -0.05) is 60.7 Å². The van der Waals surface area contributed by atoms with Gasteiger partial charge in [0.05, 0.1) is 13.5 Å². The molecule has 138 valence electrons. The first-order valence-corrected chi connectivity index (χ1v) is 9.01. The van der Waals surface area contributed by atoms with Crippen molar-refractivity contribution in [1.29, 1.82) is 0 Å². The fourth-order valence-corrected chi connectivity index (χ4v) is 3.12. The van der Waals surface area contributed by atoms with E-state index in [1.54, 1.807) is 0 Å². The van der Waals surface area contributed by atoms with E-state index in [0.717, 1.165) is 22.3 Å². The van der Waals surface area contributed by atoms with Crippen LogP contribution in [0.2, 0.25) is 0 Å². The van der Waals surface area contributed by atoms with E-state index in [4.69, 9.17) is 4.74 Å². The number of nitrogens with zero attached hydrogens (tertiary/aromatic N) is 1. The Hall–Kier alpha value is -2.98. The summed E-state index contributed by atoms with van der Waals surface area (Å²) in [5.74, 6) is -0.175. The van der Waals surface area contributed by atoms with Crippen LogP contribution in [0.15, 0.2) is 71.8 Å². The van der Waals surface area contributed by atoms with Gasteiger partial charge in [-0.25, -0.2) is 0 Å². The number of carbonyl (C=O) groups is 2. The van der Waals surface area contributed by atoms with Gasteiger partial charge in [-0.05, 0) is 23.3 Å². The molecule has 1 aliphatic heterocycles. The Bertz CT molecular complexity index is 792. The second kappa shape index (κ2) is 9.10. The number of hydrogen-bond donors (Lipinski definition) is 0. The Morgan fingerprint density at radius 3 is 1.85 bits per heavy atom. The summed E-state index contributed by atoms with van der Waals surface area (Å²) in [5.41, 5.74) is 3.46. The van der Waals surface area contributed by atoms with E-state index in [2.05, 4.69) is 4.90 Å². The maximum atomic E-state index is 13.0. The maximum Gasteiger partial charge on any atom is 0.306 e. The van der Waals surface area contributed by atoms with Crippen molar-refractivity contribution in [2.24, 2.45) is 0 Å². The van der Waals surface area contributed by atoms with Gasteiger partial charge in [-0.15, -0.1) is 0 Å². The van der Waals surface area contributed by atoms with Gasteiger partial charge in [0.2, 0.25) is 0 Å². The molecule has 1 aliphatic rings. The average molecular weight is 361 g/mol. The van der Waals surface area contributed by atoms with Crippen molar-refractivity contribution in [3.63, 3.8) is 0 Å². The van der Waals surface area contributed by atoms with Crippen molar-refractivity contribution in [2.45, 2.75) is 6.42 Å². The Morgan fingerprint density at radius 1 is 0.926 bits per heavy atom. The quantitative estimate of drug-likeness (QED) is 0.603. The molecule has 2 aromatic rings. The van der Waals surface area contributed by atoms with E-state index < -0.39 is 0 Å². The van der Waals surface area contributed by atoms with Crippen LogP contribution in [-0.4, -0.2) is 43.4 Å². The number of benzene rings is 2. The highest BCUT2D eigenvalue weighted by atomic mass is 16.5. The molecule has 4 nitrogen and oxygen atoms in total. The van der Waals surface area contributed by atoms with Gasteiger partial charge >= 0.3 is 5.97 Å². The SMILES string of the molecule is COC(=O)CCN1C/C(=C\c2ccccc2)C(=O)/C(=C/c2ccccc2)C1. The van der Waals surface area contributed by atoms with E-state index in [-0.39, 0.29) is 11.8 Å². The third-order valence-electron chi connectivity index (χ3n) is 4.51. The molecule has 0 bridgehead atoms. The predicted octanol–water partition coefficient (Wildman–Crippen LogP) is 3.60. The van der Waals surface area contributed by atoms with Gasteiger partial charge in [0.1, 0.15) is 0 Å². The first-order valence-electron chi connectivity index (χ1n) is 9.01. The molecule has 0 aliphatic carbocycles. The molecule has 0 radical (unpaired) electrons. The summed E-state index contributed by atoms with van der Waals surface area (Å²) in [6, 6.07) is 19.6. The number of piperidine rings is 1. The van der Waals surface area contributed by atoms with Crippen molar-refractivity contribution in [3.05, 3.63) is 82.9 Å². The minimum atomic E-state index is -0.242. The molecule has 2 aromatic carbocycles. The highest BCUT2D eigenvalue weighted by molar-refractivity contribution is 6.14. The summed E-state index contributed by atoms with van der Waals surface area (Å²) < 4.78 is 4.75. The van der Waals surface area contributed by atoms with Gasteiger partial charge in [-0.3, -0.25) is 14.5 Å². The molecular weight excluding hydrogens is 338 g/mol. The number of esters is 1. The zero-order valence-corrected chi connectivity index (χ0v) is 15.4. The fourth-order valence-electron chi connectivity index (χ4n) is 3.12. The Labute approximate surface area is 159 Å². The first-order chi connectivity index (χ1) is 13.2. The number of hydrogen-bond acceptors (Lipinski definition) is 4. The molecule has 1 saturated heterocycles. The lowest BCUT2D eigenvalue weighted by Crippen LogP contribution is -2.38. The van der Waals surface area contributed by atoms with Crippen LogP contribution >= 0.6 is 0 Å². The number of Topliss-reactive ketones (excluding diaryl/α,β-unsaturated/α-hetero) is 1. The summed E-state index contributed by atoms with van der Waals surface area (Å²) in [4.78, 5) is 26.7. The fraction of sp³-hybridized carbons (Fsp3) is 0.217. The summed E-state index contributed by atoms with van der Waals surface area (Å²) >= 11 is 0. The lowest BCUT2D eigenvalue weighted by molar-refractivity contribution is -0.140. The summed E-state index contributed by atoms with van der Waals surface area (Å²) in [7, 11) is 1.39. The molecule has 0 N–H and O–H groups in total. The molecule has 0 amide bonds. The van der Waals surface area contributed by atoms with E-state index in [9.17, 15) is 9.59 Å². The molecule has 0 unspecified atom stereocenters. The summed E-state index contributed by atoms with van der Waals surface area (Å²) in [5, 5.41) is 0. The van der Waals surface area contributed by atoms with E-state index >= 15 is 0 Å². The van der Waals surface area contributed by atoms with Gasteiger partial charge in [0, 0.05) is 30.8 Å². The van der Waals surface area contributed by atoms with E-state index in [1.807, 2.05) is 72.8 Å². The Morgan fingerprint density at radius 2 is 1.41 bits per heavy atom. The standard InChI is InChI=1S/C23H23NO3/c1-27-22(25)12-13-24-16-20(14-18-8-4-2-5-9-18)23(26)21(17-24)15-19-10-6-3-7-11-19/h2-11,14-15H,12-13,16-17H2,1H3/b20-14+,21-15+. The van der Waals surface area contributed by atoms with Crippen molar-refractivity contribution in [1.82, 2.24) is 4.90 Å². The Balaban J connectivity index is 1.88. The Kier molecular flexibility index (Phi) is 6.34. The smallest absolute Gasteiger partial charge is 0.306 e. The van der Waals surface area contributed by atoms with E-state index in [0.29, 0.717) is 26.1 Å². The number of ketones is 1. The third-order valence-corrected chi connectivity index (χ3v) is 4.51. The summed E-state index contributed by atoms with van der Waals surface area (Å²) in [6.45, 7) is 1.60. The van der Waals surface area contributed by atoms with Crippen LogP contribution in [0.5, 0.6) is 0 Å². The molecule has 3 rings (SSSR count). The van der Waals surface area contributed by atoms with E-state index in [1.165, 1.54) is 7.11 Å². The largest absolute Gasteiger partial charge is 0.469 e. The van der Waals surface area contributed by atoms with Gasteiger partial charge in [0.25, 0.3) is 0 Å². The van der Waals surface area contributed by atoms with Gasteiger partial charge in [-0.2, -0.15) is 0 Å². The lowest BCUT2D eigenvalue weighted by atomic mass is 9.94. The number of likely N-dealkylation sites (tertiary alicyclic amines) is 1. The van der Waals surface area contributed by atoms with Gasteiger partial charge in [0.15, 0.2) is 5.78 Å². The third kappa shape index (κ3) is 5.25. The zero-order chi connectivity index (χ0) is 19.1. The minimum absolute atomic E-state index is 0.0667. The van der Waals surface area contributed by atoms with Crippen molar-refractivity contribution >= 4 is 23.9 Å². The minimum Gasteiger partial charge on any atom is -0.469 e. The highest BCUT2D eigenvalue weighted by Crippen LogP contribution is 2.22. The maximum absolute atomic E-state index is 13.0. The molecular formula is C23H23NO3. The molecule has 1 heterocycles. The van der Waals surface area contributed by atoms with Crippen LogP contribution in [0.4, 0.5) is 0 Å². The molecule has 0 atom stereocenters. The second-order valence-corrected chi connectivity index (χ2v) is 6.53. The lowest BCUT2D eigenvalue weighted by Gasteiger charge is -2.29. The number of carbonyl (C=O) groups excluding carboxylic acids is 2. The van der Waals surface area contributed by atoms with Gasteiger partial charge < -0.3 is 4.74 Å². The molecule has 4 heteroatoms. The van der Waals surface area contributed by atoms with Crippen LogP contribution < -0.4 is 0 Å². The summed E-state index contributed by atoms with van der Waals surface area (Å²) in [6.07, 6.45) is 4.18. The first kappa shape index (κ1) is 18.8. The molecule has 0 spiro atoms. The molecule has 27 heavy (non-hydrogen) atoms. The normalized spacial score (nSPS) is 18.0. The van der Waals surface area contributed by atoms with Crippen molar-refractivity contribution in [3.8, 4) is 0 Å². The topological polar surface area (TPSA) is 46.6 Å². The molecule has 0 aromatic heterocycles. The van der Waals surface area contributed by atoms with Crippen LogP contribution in [0, 0.1) is 0 Å². The molecule has 1 fully saturated rings. The number of methoxy groups -OCH3 is 1. The highest BCUT2D eigenvalue weighted by Gasteiger charge is 2.26. The van der Waals surface area contributed by atoms with Crippen LogP contribution in [0.25, 0.3) is 12.2 Å². The number of rotatable bonds is 5. The van der Waals surface area contributed by atoms with Crippen LogP contribution in [0.1, 0.15) is 17.5 Å². The average Bonchev–Trinajstić information content (AvgIpc) is 2.71. The molecule has 0 saturated carbocycles. The van der Waals surface area contributed by atoms with Crippen molar-refractivity contribution in [2.75, 3.05) is 26.7 Å². The zero-order valence-electron chi connectivity index (χ0n) is 15.4. The van der Waals surface area contributed by atoms with Crippen LogP contribution in [0.3, 0.4) is 0 Å².